The summed E-state index contributed by atoms with van der Waals surface area (Å²) in [6, 6.07) is 10.2. The van der Waals surface area contributed by atoms with Crippen molar-refractivity contribution < 1.29 is 4.79 Å². The lowest BCUT2D eigenvalue weighted by Gasteiger charge is -2.20. The van der Waals surface area contributed by atoms with E-state index in [1.807, 2.05) is 25.1 Å². The van der Waals surface area contributed by atoms with Crippen LogP contribution in [0.25, 0.3) is 10.6 Å². The lowest BCUT2D eigenvalue weighted by molar-refractivity contribution is -0.126. The lowest BCUT2D eigenvalue weighted by Crippen LogP contribution is -2.31. The first-order chi connectivity index (χ1) is 10.7. The van der Waals surface area contributed by atoms with Gasteiger partial charge in [0.25, 0.3) is 0 Å². The number of aromatic nitrogens is 1. The molecule has 1 fully saturated rings. The van der Waals surface area contributed by atoms with Crippen LogP contribution in [0, 0.1) is 12.8 Å². The zero-order valence-electron chi connectivity index (χ0n) is 13.0. The van der Waals surface area contributed by atoms with E-state index in [4.69, 9.17) is 0 Å². The molecule has 1 aromatic carbocycles. The fraction of sp³-hybridized carbons (Fsp3) is 0.444. The van der Waals surface area contributed by atoms with E-state index in [1.54, 1.807) is 11.3 Å². The van der Waals surface area contributed by atoms with E-state index in [2.05, 4.69) is 22.4 Å². The highest BCUT2D eigenvalue weighted by molar-refractivity contribution is 7.15. The number of nitrogens with zero attached hydrogens (tertiary/aromatic N) is 1. The van der Waals surface area contributed by atoms with Gasteiger partial charge in [-0.1, -0.05) is 49.6 Å². The molecule has 3 rings (SSSR count). The maximum Gasteiger partial charge on any atom is 0.223 e. The van der Waals surface area contributed by atoms with Crippen LogP contribution >= 0.6 is 11.3 Å². The van der Waals surface area contributed by atoms with Crippen molar-refractivity contribution in [3.05, 3.63) is 40.9 Å². The van der Waals surface area contributed by atoms with Gasteiger partial charge in [-0.25, -0.2) is 4.98 Å². The molecule has 1 amide bonds. The van der Waals surface area contributed by atoms with Crippen molar-refractivity contribution in [3.63, 3.8) is 0 Å². The van der Waals surface area contributed by atoms with Gasteiger partial charge in [0.2, 0.25) is 5.91 Å². The number of nitrogens with one attached hydrogen (secondary N) is 1. The molecule has 1 aliphatic carbocycles. The molecule has 3 nitrogen and oxygen atoms in total. The molecule has 1 aliphatic rings. The standard InChI is InChI=1S/C18H22N2OS/c1-13-16(12-19-17(21)14-8-4-2-5-9-14)22-18(20-13)15-10-6-3-7-11-15/h3,6-7,10-11,14H,2,4-5,8-9,12H2,1H3,(H,19,21). The molecule has 0 radical (unpaired) electrons. The first-order valence-electron chi connectivity index (χ1n) is 8.03. The van der Waals surface area contributed by atoms with Gasteiger partial charge in [-0.2, -0.15) is 0 Å². The topological polar surface area (TPSA) is 42.0 Å². The molecule has 0 saturated heterocycles. The van der Waals surface area contributed by atoms with Crippen molar-refractivity contribution >= 4 is 17.2 Å². The summed E-state index contributed by atoms with van der Waals surface area (Å²) in [5, 5.41) is 4.13. The third-order valence-electron chi connectivity index (χ3n) is 4.31. The highest BCUT2D eigenvalue weighted by atomic mass is 32.1. The van der Waals surface area contributed by atoms with Crippen LogP contribution in [0.5, 0.6) is 0 Å². The summed E-state index contributed by atoms with van der Waals surface area (Å²) in [6.07, 6.45) is 5.75. The Hall–Kier alpha value is -1.68. The molecule has 0 bridgehead atoms. The van der Waals surface area contributed by atoms with Crippen LogP contribution in [-0.4, -0.2) is 10.9 Å². The quantitative estimate of drug-likeness (QED) is 0.913. The number of hydrogen-bond donors (Lipinski definition) is 1. The Morgan fingerprint density at radius 1 is 1.23 bits per heavy atom. The highest BCUT2D eigenvalue weighted by Gasteiger charge is 2.21. The van der Waals surface area contributed by atoms with Crippen LogP contribution in [-0.2, 0) is 11.3 Å². The van der Waals surface area contributed by atoms with E-state index in [1.165, 1.54) is 19.3 Å². The van der Waals surface area contributed by atoms with Crippen LogP contribution in [0.1, 0.15) is 42.7 Å². The molecular formula is C18H22N2OS. The molecule has 4 heteroatoms. The minimum Gasteiger partial charge on any atom is -0.351 e. The maximum atomic E-state index is 12.2. The van der Waals surface area contributed by atoms with Crippen molar-refractivity contribution in [2.75, 3.05) is 0 Å². The van der Waals surface area contributed by atoms with Gasteiger partial charge < -0.3 is 5.32 Å². The van der Waals surface area contributed by atoms with Gasteiger partial charge in [0.05, 0.1) is 12.2 Å². The predicted molar refractivity (Wildman–Crippen MR) is 90.7 cm³/mol. The van der Waals surface area contributed by atoms with Crippen LogP contribution in [0.4, 0.5) is 0 Å². The monoisotopic (exact) mass is 314 g/mol. The fourth-order valence-electron chi connectivity index (χ4n) is 2.97. The number of carbonyl (C=O) groups excluding carboxylic acids is 1. The van der Waals surface area contributed by atoms with Crippen molar-refractivity contribution in [3.8, 4) is 10.6 Å². The number of hydrogen-bond acceptors (Lipinski definition) is 3. The molecule has 116 valence electrons. The Labute approximate surface area is 135 Å². The molecule has 0 atom stereocenters. The zero-order valence-corrected chi connectivity index (χ0v) is 13.8. The number of amides is 1. The molecule has 1 N–H and O–H groups in total. The van der Waals surface area contributed by atoms with Crippen LogP contribution in [0.15, 0.2) is 30.3 Å². The second kappa shape index (κ2) is 7.05. The second-order valence-electron chi connectivity index (χ2n) is 5.95. The Kier molecular flexibility index (Phi) is 4.88. The molecule has 0 unspecified atom stereocenters. The van der Waals surface area contributed by atoms with Gasteiger partial charge in [0.1, 0.15) is 5.01 Å². The van der Waals surface area contributed by atoms with E-state index < -0.39 is 0 Å². The number of carbonyl (C=O) groups is 1. The van der Waals surface area contributed by atoms with E-state index >= 15 is 0 Å². The summed E-state index contributed by atoms with van der Waals surface area (Å²) in [5.41, 5.74) is 2.16. The molecule has 1 heterocycles. The van der Waals surface area contributed by atoms with E-state index in [9.17, 15) is 4.79 Å². The second-order valence-corrected chi connectivity index (χ2v) is 7.03. The average molecular weight is 314 g/mol. The van der Waals surface area contributed by atoms with Gasteiger partial charge >= 0.3 is 0 Å². The zero-order chi connectivity index (χ0) is 15.4. The Morgan fingerprint density at radius 3 is 2.68 bits per heavy atom. The van der Waals surface area contributed by atoms with Gasteiger partial charge in [0.15, 0.2) is 0 Å². The van der Waals surface area contributed by atoms with Gasteiger partial charge in [0, 0.05) is 16.4 Å². The SMILES string of the molecule is Cc1nc(-c2ccccc2)sc1CNC(=O)C1CCCCC1. The Morgan fingerprint density at radius 2 is 1.95 bits per heavy atom. The summed E-state index contributed by atoms with van der Waals surface area (Å²) in [6.45, 7) is 2.62. The highest BCUT2D eigenvalue weighted by Crippen LogP contribution is 2.28. The van der Waals surface area contributed by atoms with Crippen molar-refractivity contribution in [1.82, 2.24) is 10.3 Å². The Balaban J connectivity index is 1.63. The summed E-state index contributed by atoms with van der Waals surface area (Å²) in [7, 11) is 0. The van der Waals surface area contributed by atoms with Gasteiger partial charge in [-0.05, 0) is 19.8 Å². The largest absolute Gasteiger partial charge is 0.351 e. The minimum absolute atomic E-state index is 0.216. The van der Waals surface area contributed by atoms with E-state index in [0.717, 1.165) is 34.0 Å². The summed E-state index contributed by atoms with van der Waals surface area (Å²) in [4.78, 5) is 18.0. The third kappa shape index (κ3) is 3.55. The number of aryl methyl sites for hydroxylation is 1. The normalized spacial score (nSPS) is 15.7. The van der Waals surface area contributed by atoms with Crippen molar-refractivity contribution in [1.29, 1.82) is 0 Å². The van der Waals surface area contributed by atoms with Crippen molar-refractivity contribution in [2.45, 2.75) is 45.6 Å². The summed E-state index contributed by atoms with van der Waals surface area (Å²) < 4.78 is 0. The maximum absolute atomic E-state index is 12.2. The number of rotatable bonds is 4. The van der Waals surface area contributed by atoms with Gasteiger partial charge in [-0.3, -0.25) is 4.79 Å². The lowest BCUT2D eigenvalue weighted by atomic mass is 9.89. The molecular weight excluding hydrogens is 292 g/mol. The first-order valence-corrected chi connectivity index (χ1v) is 8.85. The minimum atomic E-state index is 0.216. The van der Waals surface area contributed by atoms with Crippen molar-refractivity contribution in [2.24, 2.45) is 5.92 Å². The van der Waals surface area contributed by atoms with E-state index in [0.29, 0.717) is 6.54 Å². The van der Waals surface area contributed by atoms with Crippen LogP contribution < -0.4 is 5.32 Å². The summed E-state index contributed by atoms with van der Waals surface area (Å²) >= 11 is 1.68. The predicted octanol–water partition coefficient (Wildman–Crippen LogP) is 4.32. The molecule has 1 saturated carbocycles. The Bertz CT molecular complexity index is 630. The number of thiazole rings is 1. The van der Waals surface area contributed by atoms with Gasteiger partial charge in [-0.15, -0.1) is 11.3 Å². The average Bonchev–Trinajstić information content (AvgIpc) is 2.95. The molecule has 1 aromatic heterocycles. The molecule has 0 aliphatic heterocycles. The number of benzene rings is 1. The summed E-state index contributed by atoms with van der Waals surface area (Å²) in [5.74, 6) is 0.435. The smallest absolute Gasteiger partial charge is 0.223 e. The fourth-order valence-corrected chi connectivity index (χ4v) is 3.98. The molecule has 2 aromatic rings. The third-order valence-corrected chi connectivity index (χ3v) is 5.52. The van der Waals surface area contributed by atoms with E-state index in [-0.39, 0.29) is 11.8 Å². The van der Waals surface area contributed by atoms with Crippen LogP contribution in [0.3, 0.4) is 0 Å². The molecule has 0 spiro atoms. The first kappa shape index (κ1) is 15.2. The molecule has 22 heavy (non-hydrogen) atoms. The van der Waals surface area contributed by atoms with Crippen LogP contribution in [0.2, 0.25) is 0 Å².